The van der Waals surface area contributed by atoms with Crippen LogP contribution in [0.3, 0.4) is 0 Å². The van der Waals surface area contributed by atoms with E-state index in [1.807, 2.05) is 6.33 Å². The molecule has 4 heteroatoms. The van der Waals surface area contributed by atoms with Gasteiger partial charge in [-0.05, 0) is 0 Å². The van der Waals surface area contributed by atoms with Crippen molar-refractivity contribution in [1.82, 2.24) is 14.9 Å². The van der Waals surface area contributed by atoms with Crippen LogP contribution in [-0.2, 0) is 13.5 Å². The highest BCUT2D eigenvalue weighted by Crippen LogP contribution is 2.21. The highest BCUT2D eigenvalue weighted by Gasteiger charge is 2.21. The molecule has 1 atom stereocenters. The Kier molecular flexibility index (Phi) is 2.36. The minimum absolute atomic E-state index is 0.468. The lowest BCUT2D eigenvalue weighted by Crippen LogP contribution is -2.31. The van der Waals surface area contributed by atoms with Crippen molar-refractivity contribution in [2.75, 3.05) is 11.0 Å². The molecule has 1 aliphatic rings. The summed E-state index contributed by atoms with van der Waals surface area (Å²) in [7, 11) is 2.07. The minimum atomic E-state index is 0.468. The number of hydrogen-bond donors (Lipinski definition) is 1. The number of nitrogens with one attached hydrogen (secondary N) is 1. The Morgan fingerprint density at radius 2 is 2.67 bits per heavy atom. The molecule has 1 N–H and O–H groups in total. The van der Waals surface area contributed by atoms with Crippen LogP contribution < -0.4 is 5.32 Å². The van der Waals surface area contributed by atoms with Gasteiger partial charge in [0.25, 0.3) is 0 Å². The third-order valence-corrected chi connectivity index (χ3v) is 3.21. The monoisotopic (exact) mass is 277 g/mol. The number of hydrogen-bond acceptors (Lipinski definition) is 2. The Bertz CT molecular complexity index is 282. The van der Waals surface area contributed by atoms with Crippen molar-refractivity contribution in [1.29, 1.82) is 0 Å². The first-order chi connectivity index (χ1) is 5.83. The first-order valence-electron chi connectivity index (χ1n) is 4.12. The largest absolute Gasteiger partial charge is 0.337 e. The van der Waals surface area contributed by atoms with Gasteiger partial charge in [-0.1, -0.05) is 22.6 Å². The van der Waals surface area contributed by atoms with Gasteiger partial charge in [0.15, 0.2) is 0 Å². The number of aryl methyl sites for hydroxylation is 1. The van der Waals surface area contributed by atoms with E-state index < -0.39 is 0 Å². The predicted molar refractivity (Wildman–Crippen MR) is 56.5 cm³/mol. The third kappa shape index (κ3) is 1.26. The molecule has 0 saturated heterocycles. The summed E-state index contributed by atoms with van der Waals surface area (Å²) in [5.74, 6) is 0. The van der Waals surface area contributed by atoms with Gasteiger partial charge >= 0.3 is 0 Å². The van der Waals surface area contributed by atoms with Crippen molar-refractivity contribution in [3.63, 3.8) is 0 Å². The summed E-state index contributed by atoms with van der Waals surface area (Å²) >= 11 is 2.40. The molecule has 0 aromatic carbocycles. The van der Waals surface area contributed by atoms with Crippen LogP contribution in [0, 0.1) is 0 Å². The molecule has 2 heterocycles. The second-order valence-electron chi connectivity index (χ2n) is 3.10. The molecule has 0 aliphatic carbocycles. The highest BCUT2D eigenvalue weighted by molar-refractivity contribution is 14.1. The van der Waals surface area contributed by atoms with Gasteiger partial charge in [-0.15, -0.1) is 0 Å². The van der Waals surface area contributed by atoms with Crippen molar-refractivity contribution in [3.8, 4) is 0 Å². The van der Waals surface area contributed by atoms with E-state index in [4.69, 9.17) is 0 Å². The number of rotatable bonds is 1. The fourth-order valence-electron chi connectivity index (χ4n) is 1.66. The highest BCUT2D eigenvalue weighted by atomic mass is 127. The SMILES string of the molecule is Cn1cnc2c1CCNC2CI. The van der Waals surface area contributed by atoms with Crippen LogP contribution in [0.5, 0.6) is 0 Å². The van der Waals surface area contributed by atoms with E-state index in [1.165, 1.54) is 11.4 Å². The second-order valence-corrected chi connectivity index (χ2v) is 3.98. The zero-order chi connectivity index (χ0) is 8.55. The van der Waals surface area contributed by atoms with Crippen LogP contribution in [0.2, 0.25) is 0 Å². The molecule has 12 heavy (non-hydrogen) atoms. The molecule has 0 radical (unpaired) electrons. The predicted octanol–water partition coefficient (Wildman–Crippen LogP) is 1.04. The Labute approximate surface area is 85.7 Å². The number of imidazole rings is 1. The molecule has 0 amide bonds. The summed E-state index contributed by atoms with van der Waals surface area (Å²) < 4.78 is 3.23. The van der Waals surface area contributed by atoms with Gasteiger partial charge < -0.3 is 9.88 Å². The van der Waals surface area contributed by atoms with Gasteiger partial charge in [-0.3, -0.25) is 0 Å². The van der Waals surface area contributed by atoms with E-state index >= 15 is 0 Å². The lowest BCUT2D eigenvalue weighted by molar-refractivity contribution is 0.530. The minimum Gasteiger partial charge on any atom is -0.337 e. The van der Waals surface area contributed by atoms with Crippen molar-refractivity contribution in [3.05, 3.63) is 17.7 Å². The van der Waals surface area contributed by atoms with Crippen LogP contribution in [-0.4, -0.2) is 20.5 Å². The van der Waals surface area contributed by atoms with E-state index in [0.717, 1.165) is 17.4 Å². The zero-order valence-electron chi connectivity index (χ0n) is 7.05. The van der Waals surface area contributed by atoms with Crippen LogP contribution in [0.1, 0.15) is 17.4 Å². The molecule has 0 bridgehead atoms. The first kappa shape index (κ1) is 8.50. The summed E-state index contributed by atoms with van der Waals surface area (Å²) in [5.41, 5.74) is 2.65. The molecule has 1 aliphatic heterocycles. The van der Waals surface area contributed by atoms with Gasteiger partial charge in [0.1, 0.15) is 0 Å². The van der Waals surface area contributed by atoms with Gasteiger partial charge in [0.2, 0.25) is 0 Å². The summed E-state index contributed by atoms with van der Waals surface area (Å²) in [5, 5.41) is 3.45. The summed E-state index contributed by atoms with van der Waals surface area (Å²) in [6, 6.07) is 0.468. The Morgan fingerprint density at radius 1 is 1.83 bits per heavy atom. The van der Waals surface area contributed by atoms with Gasteiger partial charge in [0.05, 0.1) is 18.1 Å². The number of nitrogens with zero attached hydrogens (tertiary/aromatic N) is 2. The average Bonchev–Trinajstić information content (AvgIpc) is 2.48. The number of fused-ring (bicyclic) bond motifs is 1. The normalized spacial score (nSPS) is 22.3. The van der Waals surface area contributed by atoms with E-state index in [9.17, 15) is 0 Å². The van der Waals surface area contributed by atoms with Gasteiger partial charge in [-0.2, -0.15) is 0 Å². The maximum Gasteiger partial charge on any atom is 0.0949 e. The zero-order valence-corrected chi connectivity index (χ0v) is 9.21. The second kappa shape index (κ2) is 3.33. The van der Waals surface area contributed by atoms with Crippen molar-refractivity contribution in [2.45, 2.75) is 12.5 Å². The van der Waals surface area contributed by atoms with Crippen LogP contribution in [0.15, 0.2) is 6.33 Å². The first-order valence-corrected chi connectivity index (χ1v) is 5.65. The van der Waals surface area contributed by atoms with E-state index in [0.29, 0.717) is 6.04 Å². The maximum absolute atomic E-state index is 4.40. The van der Waals surface area contributed by atoms with Gasteiger partial charge in [-0.25, -0.2) is 4.98 Å². The van der Waals surface area contributed by atoms with Crippen molar-refractivity contribution in [2.24, 2.45) is 7.05 Å². The quantitative estimate of drug-likeness (QED) is 0.614. The Morgan fingerprint density at radius 3 is 3.42 bits per heavy atom. The van der Waals surface area contributed by atoms with Crippen LogP contribution in [0.25, 0.3) is 0 Å². The van der Waals surface area contributed by atoms with E-state index in [1.54, 1.807) is 0 Å². The molecule has 1 aromatic heterocycles. The maximum atomic E-state index is 4.40. The Balaban J connectivity index is 2.38. The molecular weight excluding hydrogens is 265 g/mol. The van der Waals surface area contributed by atoms with E-state index in [2.05, 4.69) is 44.5 Å². The smallest absolute Gasteiger partial charge is 0.0949 e. The third-order valence-electron chi connectivity index (χ3n) is 2.33. The number of alkyl halides is 1. The molecule has 0 spiro atoms. The lowest BCUT2D eigenvalue weighted by Gasteiger charge is -2.21. The van der Waals surface area contributed by atoms with E-state index in [-0.39, 0.29) is 0 Å². The number of aromatic nitrogens is 2. The molecule has 0 saturated carbocycles. The molecule has 1 aromatic rings. The van der Waals surface area contributed by atoms with Gasteiger partial charge in [0, 0.05) is 30.1 Å². The summed E-state index contributed by atoms with van der Waals surface area (Å²) in [6.45, 7) is 1.08. The fraction of sp³-hybridized carbons (Fsp3) is 0.625. The molecule has 3 nitrogen and oxygen atoms in total. The van der Waals surface area contributed by atoms with Crippen molar-refractivity contribution < 1.29 is 0 Å². The molecule has 66 valence electrons. The average molecular weight is 277 g/mol. The van der Waals surface area contributed by atoms with Crippen molar-refractivity contribution >= 4 is 22.6 Å². The topological polar surface area (TPSA) is 29.9 Å². The summed E-state index contributed by atoms with van der Waals surface area (Å²) in [6.07, 6.45) is 3.02. The Hall–Kier alpha value is -0.100. The fourth-order valence-corrected chi connectivity index (χ4v) is 2.39. The van der Waals surface area contributed by atoms with Crippen LogP contribution >= 0.6 is 22.6 Å². The van der Waals surface area contributed by atoms with Crippen LogP contribution in [0.4, 0.5) is 0 Å². The lowest BCUT2D eigenvalue weighted by atomic mass is 10.1. The molecular formula is C8H12IN3. The molecule has 1 unspecified atom stereocenters. The molecule has 2 rings (SSSR count). The number of halogens is 1. The summed E-state index contributed by atoms with van der Waals surface area (Å²) in [4.78, 5) is 4.40. The standard InChI is InChI=1S/C8H12IN3/c1-12-5-11-8-6(4-9)10-3-2-7(8)12/h5-6,10H,2-4H2,1H3. The molecule has 0 fully saturated rings.